The summed E-state index contributed by atoms with van der Waals surface area (Å²) in [5.41, 5.74) is 0. The van der Waals surface area contributed by atoms with Crippen molar-refractivity contribution < 1.29 is 19.8 Å². The lowest BCUT2D eigenvalue weighted by atomic mass is 10.2. The molecule has 102 valence electrons. The molecule has 2 amide bonds. The van der Waals surface area contributed by atoms with Gasteiger partial charge in [-0.15, -0.1) is 0 Å². The molecule has 2 rings (SSSR count). The molecule has 2 saturated heterocycles. The summed E-state index contributed by atoms with van der Waals surface area (Å²) < 4.78 is 0. The quantitative estimate of drug-likeness (QED) is 0.618. The Bertz CT molecular complexity index is 302. The second-order valence-corrected chi connectivity index (χ2v) is 4.95. The molecule has 2 heterocycles. The van der Waals surface area contributed by atoms with Gasteiger partial charge in [-0.25, -0.2) is 0 Å². The number of carbonyl (C=O) groups excluding carboxylic acids is 2. The number of hydrogen-bond acceptors (Lipinski definition) is 4. The summed E-state index contributed by atoms with van der Waals surface area (Å²) in [7, 11) is 0. The van der Waals surface area contributed by atoms with Crippen molar-refractivity contribution in [3.05, 3.63) is 0 Å². The third-order valence-corrected chi connectivity index (χ3v) is 3.88. The second kappa shape index (κ2) is 5.67. The molecule has 0 spiro atoms. The highest BCUT2D eigenvalue weighted by atomic mass is 16.3. The van der Waals surface area contributed by atoms with Gasteiger partial charge in [0.25, 0.3) is 0 Å². The first-order valence-electron chi connectivity index (χ1n) is 6.52. The normalized spacial score (nSPS) is 27.9. The largest absolute Gasteiger partial charge is 0.394 e. The highest BCUT2D eigenvalue weighted by Crippen LogP contribution is 2.21. The number of aliphatic hydroxyl groups is 2. The van der Waals surface area contributed by atoms with Crippen molar-refractivity contribution >= 4 is 11.8 Å². The van der Waals surface area contributed by atoms with E-state index in [4.69, 9.17) is 0 Å². The fraction of sp³-hybridized carbons (Fsp3) is 0.833. The van der Waals surface area contributed by atoms with Gasteiger partial charge in [-0.1, -0.05) is 0 Å². The van der Waals surface area contributed by atoms with E-state index >= 15 is 0 Å². The molecule has 0 saturated carbocycles. The van der Waals surface area contributed by atoms with Crippen LogP contribution >= 0.6 is 0 Å². The maximum absolute atomic E-state index is 12.1. The summed E-state index contributed by atoms with van der Waals surface area (Å²) in [6.07, 6.45) is 3.15. The molecular formula is C12H20N2O4. The molecule has 18 heavy (non-hydrogen) atoms. The molecule has 0 unspecified atom stereocenters. The highest BCUT2D eigenvalue weighted by Gasteiger charge is 2.37. The minimum absolute atomic E-state index is 0.0948. The average Bonchev–Trinajstić information content (AvgIpc) is 3.04. The first-order chi connectivity index (χ1) is 8.69. The molecule has 2 aliphatic heterocycles. The fourth-order valence-electron chi connectivity index (χ4n) is 2.83. The molecule has 0 aliphatic carbocycles. The number of aliphatic hydroxyl groups excluding tert-OH is 2. The van der Waals surface area contributed by atoms with Crippen LogP contribution in [-0.4, -0.2) is 70.2 Å². The summed E-state index contributed by atoms with van der Waals surface area (Å²) in [6, 6.07) is -0.451. The summed E-state index contributed by atoms with van der Waals surface area (Å²) in [5, 5.41) is 18.3. The van der Waals surface area contributed by atoms with E-state index in [1.54, 1.807) is 0 Å². The summed E-state index contributed by atoms with van der Waals surface area (Å²) >= 11 is 0. The zero-order chi connectivity index (χ0) is 13.1. The lowest BCUT2D eigenvalue weighted by Gasteiger charge is -2.27. The maximum atomic E-state index is 12.1. The van der Waals surface area contributed by atoms with Gasteiger partial charge < -0.3 is 20.0 Å². The molecule has 0 aromatic rings. The van der Waals surface area contributed by atoms with Gasteiger partial charge in [-0.3, -0.25) is 9.59 Å². The van der Waals surface area contributed by atoms with Gasteiger partial charge in [0.15, 0.2) is 0 Å². The molecule has 2 fully saturated rings. The highest BCUT2D eigenvalue weighted by molar-refractivity contribution is 6.35. The summed E-state index contributed by atoms with van der Waals surface area (Å²) in [4.78, 5) is 27.1. The number of carbonyl (C=O) groups is 2. The number of amides is 2. The van der Waals surface area contributed by atoms with Gasteiger partial charge >= 0.3 is 11.8 Å². The van der Waals surface area contributed by atoms with Crippen LogP contribution in [0, 0.1) is 0 Å². The molecule has 2 aliphatic rings. The van der Waals surface area contributed by atoms with Crippen molar-refractivity contribution in [2.24, 2.45) is 0 Å². The lowest BCUT2D eigenvalue weighted by Crippen LogP contribution is -2.49. The second-order valence-electron chi connectivity index (χ2n) is 4.95. The van der Waals surface area contributed by atoms with Crippen LogP contribution in [0.1, 0.15) is 25.7 Å². The fourth-order valence-corrected chi connectivity index (χ4v) is 2.83. The average molecular weight is 256 g/mol. The van der Waals surface area contributed by atoms with Crippen LogP contribution in [0.25, 0.3) is 0 Å². The molecule has 0 aromatic carbocycles. The van der Waals surface area contributed by atoms with Crippen LogP contribution < -0.4 is 0 Å². The summed E-state index contributed by atoms with van der Waals surface area (Å²) in [5.74, 6) is -1.07. The third-order valence-electron chi connectivity index (χ3n) is 3.88. The zero-order valence-corrected chi connectivity index (χ0v) is 10.4. The Hall–Kier alpha value is -1.14. The predicted molar refractivity (Wildman–Crippen MR) is 63.6 cm³/mol. The van der Waals surface area contributed by atoms with E-state index in [9.17, 15) is 19.8 Å². The van der Waals surface area contributed by atoms with Gasteiger partial charge in [0, 0.05) is 13.1 Å². The van der Waals surface area contributed by atoms with Crippen molar-refractivity contribution in [2.75, 3.05) is 26.3 Å². The smallest absolute Gasteiger partial charge is 0.312 e. The monoisotopic (exact) mass is 256 g/mol. The lowest BCUT2D eigenvalue weighted by molar-refractivity contribution is -0.153. The number of hydrogen-bond donors (Lipinski definition) is 2. The van der Waals surface area contributed by atoms with Gasteiger partial charge in [0.1, 0.15) is 0 Å². The van der Waals surface area contributed by atoms with Crippen molar-refractivity contribution in [3.8, 4) is 0 Å². The summed E-state index contributed by atoms with van der Waals surface area (Å²) in [6.45, 7) is 0.881. The van der Waals surface area contributed by atoms with Gasteiger partial charge in [-0.2, -0.15) is 0 Å². The van der Waals surface area contributed by atoms with E-state index in [0.717, 1.165) is 25.7 Å². The van der Waals surface area contributed by atoms with E-state index in [1.165, 1.54) is 9.80 Å². The van der Waals surface area contributed by atoms with Crippen LogP contribution in [0.2, 0.25) is 0 Å². The Labute approximate surface area is 106 Å². The Balaban J connectivity index is 2.02. The minimum atomic E-state index is -0.535. The van der Waals surface area contributed by atoms with Crippen molar-refractivity contribution in [2.45, 2.75) is 37.8 Å². The Morgan fingerprint density at radius 2 is 1.28 bits per heavy atom. The predicted octanol–water partition coefficient (Wildman–Crippen LogP) is -1.05. The first kappa shape index (κ1) is 13.3. The zero-order valence-electron chi connectivity index (χ0n) is 10.4. The Kier molecular flexibility index (Phi) is 4.19. The van der Waals surface area contributed by atoms with Gasteiger partial charge in [0.05, 0.1) is 25.3 Å². The van der Waals surface area contributed by atoms with E-state index in [1.807, 2.05) is 0 Å². The van der Waals surface area contributed by atoms with Crippen molar-refractivity contribution in [3.63, 3.8) is 0 Å². The number of nitrogens with zero attached hydrogens (tertiary/aromatic N) is 2. The van der Waals surface area contributed by atoms with Crippen LogP contribution in [0.5, 0.6) is 0 Å². The van der Waals surface area contributed by atoms with Crippen molar-refractivity contribution in [1.29, 1.82) is 0 Å². The number of rotatable bonds is 2. The third kappa shape index (κ3) is 2.35. The molecule has 2 atom stereocenters. The molecule has 0 aromatic heterocycles. The number of likely N-dealkylation sites (tertiary alicyclic amines) is 2. The molecule has 6 heteroatoms. The Morgan fingerprint density at radius 3 is 1.61 bits per heavy atom. The molecular weight excluding hydrogens is 236 g/mol. The molecule has 0 radical (unpaired) electrons. The SMILES string of the molecule is O=C(C(=O)N1CCC[C@@H]1CO)N1CCC[C@@H]1CO. The van der Waals surface area contributed by atoms with Crippen LogP contribution in [0.15, 0.2) is 0 Å². The molecule has 0 bridgehead atoms. The van der Waals surface area contributed by atoms with Gasteiger partial charge in [0.2, 0.25) is 0 Å². The first-order valence-corrected chi connectivity index (χ1v) is 6.52. The topological polar surface area (TPSA) is 81.1 Å². The van der Waals surface area contributed by atoms with Crippen molar-refractivity contribution in [1.82, 2.24) is 9.80 Å². The van der Waals surface area contributed by atoms with Crippen LogP contribution in [-0.2, 0) is 9.59 Å². The molecule has 2 N–H and O–H groups in total. The standard InChI is InChI=1S/C12H20N2O4/c15-7-9-3-1-5-13(9)11(17)12(18)14-6-2-4-10(14)8-16/h9-10,15-16H,1-8H2/t9-,10-/m1/s1. The molecule has 6 nitrogen and oxygen atoms in total. The van der Waals surface area contributed by atoms with Crippen LogP contribution in [0.4, 0.5) is 0 Å². The van der Waals surface area contributed by atoms with Gasteiger partial charge in [-0.05, 0) is 25.7 Å². The minimum Gasteiger partial charge on any atom is -0.394 e. The Morgan fingerprint density at radius 1 is 0.889 bits per heavy atom. The van der Waals surface area contributed by atoms with E-state index in [0.29, 0.717) is 13.1 Å². The van der Waals surface area contributed by atoms with E-state index < -0.39 is 11.8 Å². The maximum Gasteiger partial charge on any atom is 0.312 e. The van der Waals surface area contributed by atoms with E-state index in [-0.39, 0.29) is 25.3 Å². The van der Waals surface area contributed by atoms with Crippen LogP contribution in [0.3, 0.4) is 0 Å². The van der Waals surface area contributed by atoms with E-state index in [2.05, 4.69) is 0 Å².